The van der Waals surface area contributed by atoms with E-state index in [-0.39, 0.29) is 4.86 Å². The molecule has 1 aliphatic carbocycles. The van der Waals surface area contributed by atoms with Crippen LogP contribution < -0.4 is 5.69 Å². The molecule has 0 aromatic carbocycles. The second-order valence-electron chi connectivity index (χ2n) is 3.53. The smallest absolute Gasteiger partial charge is 0.269 e. The average Bonchev–Trinajstić information content (AvgIpc) is 2.68. The first-order chi connectivity index (χ1) is 8.73. The first-order valence-corrected chi connectivity index (χ1v) is 6.28. The van der Waals surface area contributed by atoms with Crippen molar-refractivity contribution < 1.29 is 8.78 Å². The predicted molar refractivity (Wildman–Crippen MR) is 72.0 cm³/mol. The number of aromatic nitrogens is 3. The number of rotatable bonds is 1. The summed E-state index contributed by atoms with van der Waals surface area (Å²) in [5, 5.41) is 3.59. The van der Waals surface area contributed by atoms with Crippen molar-refractivity contribution in [1.82, 2.24) is 14.3 Å². The van der Waals surface area contributed by atoms with E-state index in [1.807, 2.05) is 0 Å². The van der Waals surface area contributed by atoms with Gasteiger partial charge in [-0.25, -0.2) is 13.6 Å². The summed E-state index contributed by atoms with van der Waals surface area (Å²) in [7, 11) is 0. The molecule has 1 aromatic heterocycles. The lowest BCUT2D eigenvalue weighted by atomic mass is 10.1. The number of hydrogen-bond acceptors (Lipinski definition) is 3. The van der Waals surface area contributed by atoms with Gasteiger partial charge in [0.2, 0.25) is 0 Å². The Hall–Kier alpha value is -0.760. The van der Waals surface area contributed by atoms with Gasteiger partial charge in [-0.15, -0.1) is 0 Å². The third-order valence-electron chi connectivity index (χ3n) is 2.35. The Morgan fingerprint density at radius 2 is 2.00 bits per heavy atom. The summed E-state index contributed by atoms with van der Waals surface area (Å²) in [5.74, 6) is -2.29. The van der Waals surface area contributed by atoms with E-state index in [0.29, 0.717) is 4.68 Å². The first-order valence-electron chi connectivity index (χ1n) is 4.74. The van der Waals surface area contributed by atoms with Gasteiger partial charge in [0.15, 0.2) is 11.7 Å². The van der Waals surface area contributed by atoms with Crippen LogP contribution in [0.4, 0.5) is 8.78 Å². The van der Waals surface area contributed by atoms with E-state index in [2.05, 4.69) is 5.10 Å². The lowest BCUT2D eigenvalue weighted by molar-refractivity contribution is 0.562. The maximum absolute atomic E-state index is 13.4. The molecule has 4 nitrogen and oxygen atoms in total. The summed E-state index contributed by atoms with van der Waals surface area (Å²) in [6.45, 7) is 0. The van der Waals surface area contributed by atoms with E-state index in [0.717, 1.165) is 17.0 Å². The molecule has 0 N–H and O–H groups in total. The lowest BCUT2D eigenvalue weighted by Gasteiger charge is -2.17. The number of allylic oxidation sites excluding steroid dienone is 4. The zero-order valence-electron chi connectivity index (χ0n) is 8.86. The molecular formula is C9H4Cl3F2N3OS. The van der Waals surface area contributed by atoms with Crippen molar-refractivity contribution in [3.05, 3.63) is 40.6 Å². The molecule has 2 rings (SSSR count). The minimum atomic E-state index is -2.08. The zero-order chi connectivity index (χ0) is 14.4. The van der Waals surface area contributed by atoms with Gasteiger partial charge in [0.25, 0.3) is 3.92 Å². The highest BCUT2D eigenvalue weighted by Gasteiger charge is 2.31. The molecule has 0 saturated carbocycles. The number of thiocarbonyl (C=S) groups is 1. The van der Waals surface area contributed by atoms with Crippen molar-refractivity contribution in [3.63, 3.8) is 0 Å². The van der Waals surface area contributed by atoms with Gasteiger partial charge in [-0.2, -0.15) is 9.78 Å². The molecule has 0 spiro atoms. The summed E-state index contributed by atoms with van der Waals surface area (Å²) >= 11 is 21.3. The highest BCUT2D eigenvalue weighted by molar-refractivity contribution is 7.81. The molecule has 1 aromatic rings. The molecule has 19 heavy (non-hydrogen) atoms. The lowest BCUT2D eigenvalue weighted by Crippen LogP contribution is -2.34. The normalized spacial score (nSPS) is 20.3. The minimum Gasteiger partial charge on any atom is -0.269 e. The van der Waals surface area contributed by atoms with Crippen molar-refractivity contribution in [3.8, 4) is 0 Å². The third-order valence-corrected chi connectivity index (χ3v) is 3.25. The number of halogens is 5. The van der Waals surface area contributed by atoms with Crippen LogP contribution in [0.5, 0.6) is 0 Å². The van der Waals surface area contributed by atoms with E-state index >= 15 is 0 Å². The van der Waals surface area contributed by atoms with Gasteiger partial charge in [0.1, 0.15) is 6.33 Å². The standard InChI is InChI=1S/C9H4Cl3F2N3OS/c10-9(11,12)17-8(18)16(3-15-17)5-2-1-4(13)6(14)7(5)19/h1-3,5H. The van der Waals surface area contributed by atoms with E-state index in [1.165, 1.54) is 6.08 Å². The molecule has 1 atom stereocenters. The second kappa shape index (κ2) is 4.97. The summed E-state index contributed by atoms with van der Waals surface area (Å²) < 4.78 is 25.8. The maximum atomic E-state index is 13.4. The summed E-state index contributed by atoms with van der Waals surface area (Å²) in [6.07, 6.45) is 3.11. The molecule has 0 radical (unpaired) electrons. The third kappa shape index (κ3) is 2.60. The Bertz CT molecular complexity index is 658. The molecule has 0 fully saturated rings. The van der Waals surface area contributed by atoms with Gasteiger partial charge in [-0.3, -0.25) is 4.57 Å². The number of alkyl halides is 3. The molecular weight excluding hydrogens is 343 g/mol. The molecule has 1 heterocycles. The van der Waals surface area contributed by atoms with Crippen LogP contribution in [0.15, 0.2) is 34.9 Å². The van der Waals surface area contributed by atoms with E-state index in [9.17, 15) is 13.6 Å². The monoisotopic (exact) mass is 345 g/mol. The topological polar surface area (TPSA) is 39.8 Å². The van der Waals surface area contributed by atoms with Crippen LogP contribution in [0.25, 0.3) is 0 Å². The average molecular weight is 347 g/mol. The molecule has 0 saturated heterocycles. The van der Waals surface area contributed by atoms with Crippen LogP contribution in [-0.4, -0.2) is 19.2 Å². The van der Waals surface area contributed by atoms with Crippen LogP contribution in [0.1, 0.15) is 6.04 Å². The summed E-state index contributed by atoms with van der Waals surface area (Å²) in [5.41, 5.74) is -0.813. The second-order valence-corrected chi connectivity index (χ2v) is 6.19. The van der Waals surface area contributed by atoms with Crippen LogP contribution >= 0.6 is 47.0 Å². The minimum absolute atomic E-state index is 0.383. The van der Waals surface area contributed by atoms with Crippen molar-refractivity contribution in [2.45, 2.75) is 9.96 Å². The SMILES string of the molecule is O=c1n(C2C=CC(F)=C(F)C2=S)cnn1C(Cl)(Cl)Cl. The van der Waals surface area contributed by atoms with Gasteiger partial charge in [0.05, 0.1) is 10.9 Å². The Morgan fingerprint density at radius 3 is 2.53 bits per heavy atom. The van der Waals surface area contributed by atoms with Crippen LogP contribution in [-0.2, 0) is 3.92 Å². The molecule has 0 aliphatic heterocycles. The number of nitrogens with zero attached hydrogens (tertiary/aromatic N) is 3. The Labute approximate surface area is 125 Å². The van der Waals surface area contributed by atoms with Crippen molar-refractivity contribution in [2.75, 3.05) is 0 Å². The Kier molecular flexibility index (Phi) is 3.83. The van der Waals surface area contributed by atoms with E-state index in [4.69, 9.17) is 47.0 Å². The fourth-order valence-electron chi connectivity index (χ4n) is 1.48. The number of hydrogen-bond donors (Lipinski definition) is 0. The van der Waals surface area contributed by atoms with Crippen molar-refractivity contribution >= 4 is 51.9 Å². The van der Waals surface area contributed by atoms with Crippen molar-refractivity contribution in [1.29, 1.82) is 0 Å². The summed E-state index contributed by atoms with van der Waals surface area (Å²) in [4.78, 5) is 11.5. The Morgan fingerprint density at radius 1 is 1.37 bits per heavy atom. The van der Waals surface area contributed by atoms with Gasteiger partial charge in [0, 0.05) is 0 Å². The van der Waals surface area contributed by atoms with Crippen molar-refractivity contribution in [2.24, 2.45) is 0 Å². The molecule has 10 heteroatoms. The largest absolute Gasteiger partial charge is 0.350 e. The quantitative estimate of drug-likeness (QED) is 0.580. The predicted octanol–water partition coefficient (Wildman–Crippen LogP) is 2.96. The van der Waals surface area contributed by atoms with Gasteiger partial charge in [-0.05, 0) is 6.08 Å². The van der Waals surface area contributed by atoms with E-state index < -0.39 is 27.3 Å². The molecule has 1 aliphatic rings. The molecule has 1 unspecified atom stereocenters. The van der Waals surface area contributed by atoms with Crippen LogP contribution in [0.3, 0.4) is 0 Å². The zero-order valence-corrected chi connectivity index (χ0v) is 11.9. The van der Waals surface area contributed by atoms with Gasteiger partial charge >= 0.3 is 5.69 Å². The van der Waals surface area contributed by atoms with Crippen LogP contribution in [0.2, 0.25) is 0 Å². The van der Waals surface area contributed by atoms with Gasteiger partial charge in [-0.1, -0.05) is 53.1 Å². The highest BCUT2D eigenvalue weighted by Crippen LogP contribution is 2.30. The highest BCUT2D eigenvalue weighted by atomic mass is 35.6. The maximum Gasteiger partial charge on any atom is 0.350 e. The molecule has 102 valence electrons. The molecule has 0 amide bonds. The molecule has 0 bridgehead atoms. The first kappa shape index (κ1) is 14.6. The fourth-order valence-corrected chi connectivity index (χ4v) is 2.12. The van der Waals surface area contributed by atoms with Crippen LogP contribution in [0, 0.1) is 0 Å². The van der Waals surface area contributed by atoms with Gasteiger partial charge < -0.3 is 0 Å². The summed E-state index contributed by atoms with van der Waals surface area (Å²) in [6, 6.07) is -0.997. The fraction of sp³-hybridized carbons (Fsp3) is 0.222. The Balaban J connectivity index is 2.47. The van der Waals surface area contributed by atoms with E-state index in [1.54, 1.807) is 0 Å².